The number of nitrogens with one attached hydrogen (secondary N) is 1. The van der Waals surface area contributed by atoms with E-state index in [1.165, 1.54) is 17.0 Å². The molecular formula is C34H35Br2N3O4S. The second-order valence-electron chi connectivity index (χ2n) is 11.4. The van der Waals surface area contributed by atoms with Gasteiger partial charge in [-0.1, -0.05) is 98.6 Å². The van der Waals surface area contributed by atoms with E-state index in [0.717, 1.165) is 19.9 Å². The quantitative estimate of drug-likeness (QED) is 0.180. The Morgan fingerprint density at radius 3 is 1.98 bits per heavy atom. The molecule has 2 amide bonds. The van der Waals surface area contributed by atoms with Crippen LogP contribution in [-0.2, 0) is 32.6 Å². The third kappa shape index (κ3) is 9.03. The molecule has 0 fully saturated rings. The molecule has 44 heavy (non-hydrogen) atoms. The summed E-state index contributed by atoms with van der Waals surface area (Å²) in [6.45, 7) is 5.23. The molecule has 1 atom stereocenters. The second-order valence-corrected chi connectivity index (χ2v) is 15.1. The van der Waals surface area contributed by atoms with Gasteiger partial charge in [0, 0.05) is 27.4 Å². The first-order valence-corrected chi connectivity index (χ1v) is 17.1. The summed E-state index contributed by atoms with van der Waals surface area (Å²) in [5.74, 6) is -0.843. The number of benzene rings is 4. The van der Waals surface area contributed by atoms with Crippen LogP contribution in [0, 0.1) is 0 Å². The summed E-state index contributed by atoms with van der Waals surface area (Å²) in [6, 6.07) is 30.8. The number of hydrogen-bond acceptors (Lipinski definition) is 4. The van der Waals surface area contributed by atoms with E-state index in [1.54, 1.807) is 42.5 Å². The predicted molar refractivity (Wildman–Crippen MR) is 182 cm³/mol. The number of carbonyl (C=O) groups is 2. The van der Waals surface area contributed by atoms with Crippen molar-refractivity contribution in [3.63, 3.8) is 0 Å². The van der Waals surface area contributed by atoms with E-state index < -0.39 is 34.1 Å². The van der Waals surface area contributed by atoms with Crippen LogP contribution >= 0.6 is 31.9 Å². The number of nitrogens with zero attached hydrogens (tertiary/aromatic N) is 2. The summed E-state index contributed by atoms with van der Waals surface area (Å²) in [6.07, 6.45) is 0.243. The molecule has 0 saturated heterocycles. The van der Waals surface area contributed by atoms with Crippen molar-refractivity contribution in [1.29, 1.82) is 0 Å². The molecule has 0 radical (unpaired) electrons. The Bertz CT molecular complexity index is 1680. The van der Waals surface area contributed by atoms with Crippen LogP contribution in [0.15, 0.2) is 123 Å². The number of hydrogen-bond donors (Lipinski definition) is 1. The molecule has 4 aromatic carbocycles. The fourth-order valence-corrected chi connectivity index (χ4v) is 6.75. The topological polar surface area (TPSA) is 86.8 Å². The zero-order chi connectivity index (χ0) is 31.9. The highest BCUT2D eigenvalue weighted by molar-refractivity contribution is 9.10. The average molecular weight is 742 g/mol. The Morgan fingerprint density at radius 1 is 0.773 bits per heavy atom. The van der Waals surface area contributed by atoms with Crippen molar-refractivity contribution >= 4 is 59.4 Å². The van der Waals surface area contributed by atoms with Crippen molar-refractivity contribution < 1.29 is 18.0 Å². The first kappa shape index (κ1) is 33.4. The van der Waals surface area contributed by atoms with Gasteiger partial charge in [0.1, 0.15) is 12.6 Å². The fourth-order valence-electron chi connectivity index (χ4n) is 4.67. The van der Waals surface area contributed by atoms with Gasteiger partial charge in [-0.05, 0) is 74.4 Å². The van der Waals surface area contributed by atoms with Gasteiger partial charge in [-0.3, -0.25) is 13.9 Å². The van der Waals surface area contributed by atoms with Crippen molar-refractivity contribution in [3.05, 3.63) is 129 Å². The first-order valence-electron chi connectivity index (χ1n) is 14.1. The number of rotatable bonds is 11. The summed E-state index contributed by atoms with van der Waals surface area (Å²) in [5, 5.41) is 3.04. The smallest absolute Gasteiger partial charge is 0.264 e. The Labute approximate surface area is 276 Å². The third-order valence-electron chi connectivity index (χ3n) is 6.74. The van der Waals surface area contributed by atoms with E-state index in [2.05, 4.69) is 37.2 Å². The molecule has 230 valence electrons. The average Bonchev–Trinajstić information content (AvgIpc) is 2.98. The minimum absolute atomic E-state index is 0.0542. The molecule has 7 nitrogen and oxygen atoms in total. The molecule has 0 aliphatic rings. The van der Waals surface area contributed by atoms with Crippen LogP contribution in [-0.4, -0.2) is 43.3 Å². The van der Waals surface area contributed by atoms with Crippen molar-refractivity contribution in [1.82, 2.24) is 10.2 Å². The highest BCUT2D eigenvalue weighted by Gasteiger charge is 2.35. The lowest BCUT2D eigenvalue weighted by molar-refractivity contribution is -0.140. The Kier molecular flexibility index (Phi) is 11.0. The van der Waals surface area contributed by atoms with Crippen LogP contribution in [0.1, 0.15) is 31.9 Å². The van der Waals surface area contributed by atoms with Gasteiger partial charge < -0.3 is 10.2 Å². The lowest BCUT2D eigenvalue weighted by Crippen LogP contribution is -2.56. The molecule has 4 aromatic rings. The van der Waals surface area contributed by atoms with Crippen molar-refractivity contribution in [3.8, 4) is 0 Å². The van der Waals surface area contributed by atoms with Crippen LogP contribution in [0.2, 0.25) is 0 Å². The Morgan fingerprint density at radius 2 is 1.39 bits per heavy atom. The van der Waals surface area contributed by atoms with Crippen molar-refractivity contribution in [2.45, 2.75) is 50.2 Å². The maximum atomic E-state index is 14.5. The lowest BCUT2D eigenvalue weighted by Gasteiger charge is -2.35. The van der Waals surface area contributed by atoms with E-state index >= 15 is 0 Å². The van der Waals surface area contributed by atoms with Crippen LogP contribution < -0.4 is 9.62 Å². The molecule has 0 heterocycles. The third-order valence-corrected chi connectivity index (χ3v) is 9.55. The zero-order valence-corrected chi connectivity index (χ0v) is 28.8. The van der Waals surface area contributed by atoms with Gasteiger partial charge in [-0.2, -0.15) is 0 Å². The Balaban J connectivity index is 1.81. The van der Waals surface area contributed by atoms with Crippen LogP contribution in [0.25, 0.3) is 0 Å². The highest BCUT2D eigenvalue weighted by Crippen LogP contribution is 2.27. The predicted octanol–water partition coefficient (Wildman–Crippen LogP) is 6.96. The lowest BCUT2D eigenvalue weighted by atomic mass is 10.0. The molecule has 0 saturated carbocycles. The molecular weight excluding hydrogens is 706 g/mol. The largest absolute Gasteiger partial charge is 0.350 e. The maximum Gasteiger partial charge on any atom is 0.264 e. The molecule has 1 N–H and O–H groups in total. The minimum Gasteiger partial charge on any atom is -0.350 e. The number of sulfonamides is 1. The first-order chi connectivity index (χ1) is 20.8. The van der Waals surface area contributed by atoms with Gasteiger partial charge in [-0.15, -0.1) is 0 Å². The fraction of sp³-hybridized carbons (Fsp3) is 0.235. The van der Waals surface area contributed by atoms with Gasteiger partial charge in [-0.25, -0.2) is 8.42 Å². The summed E-state index contributed by atoms with van der Waals surface area (Å²) >= 11 is 6.89. The monoisotopic (exact) mass is 739 g/mol. The highest BCUT2D eigenvalue weighted by atomic mass is 79.9. The molecule has 4 rings (SSSR count). The SMILES string of the molecule is CC(C)(C)NC(=O)[C@H](Cc1ccccc1)N(Cc1ccc(Br)cc1)C(=O)CN(c1cccc(Br)c1)S(=O)(=O)c1ccccc1. The summed E-state index contributed by atoms with van der Waals surface area (Å²) in [7, 11) is -4.15. The van der Waals surface area contributed by atoms with Gasteiger partial charge >= 0.3 is 0 Å². The number of carbonyl (C=O) groups excluding carboxylic acids is 2. The minimum atomic E-state index is -4.15. The van der Waals surface area contributed by atoms with E-state index in [4.69, 9.17) is 0 Å². The summed E-state index contributed by atoms with van der Waals surface area (Å²) < 4.78 is 30.7. The van der Waals surface area contributed by atoms with E-state index in [1.807, 2.05) is 75.4 Å². The molecule has 0 aliphatic heterocycles. The molecule has 0 aromatic heterocycles. The van der Waals surface area contributed by atoms with Gasteiger partial charge in [0.05, 0.1) is 10.6 Å². The molecule has 0 bridgehead atoms. The van der Waals surface area contributed by atoms with E-state index in [9.17, 15) is 18.0 Å². The van der Waals surface area contributed by atoms with Gasteiger partial charge in [0.15, 0.2) is 0 Å². The van der Waals surface area contributed by atoms with E-state index in [-0.39, 0.29) is 23.8 Å². The van der Waals surface area contributed by atoms with Crippen LogP contribution in [0.5, 0.6) is 0 Å². The van der Waals surface area contributed by atoms with Crippen LogP contribution in [0.4, 0.5) is 5.69 Å². The summed E-state index contributed by atoms with van der Waals surface area (Å²) in [5.41, 5.74) is 1.43. The van der Waals surface area contributed by atoms with Crippen LogP contribution in [0.3, 0.4) is 0 Å². The van der Waals surface area contributed by atoms with Gasteiger partial charge in [0.2, 0.25) is 11.8 Å². The standard InChI is InChI=1S/C34H35Br2N3O4S/c1-34(2,3)37-33(41)31(21-25-11-6-4-7-12-25)38(23-26-17-19-27(35)20-18-26)32(40)24-39(29-14-10-13-28(36)22-29)44(42,43)30-15-8-5-9-16-30/h4-20,22,31H,21,23-24H2,1-3H3,(H,37,41)/t31-/m0/s1. The Hall–Kier alpha value is -3.47. The molecule has 10 heteroatoms. The maximum absolute atomic E-state index is 14.5. The van der Waals surface area contributed by atoms with Crippen molar-refractivity contribution in [2.24, 2.45) is 0 Å². The van der Waals surface area contributed by atoms with Crippen molar-refractivity contribution in [2.75, 3.05) is 10.8 Å². The number of anilines is 1. The second kappa shape index (κ2) is 14.5. The molecule has 0 aliphatic carbocycles. The number of halogens is 2. The van der Waals surface area contributed by atoms with E-state index in [0.29, 0.717) is 10.2 Å². The van der Waals surface area contributed by atoms with Gasteiger partial charge in [0.25, 0.3) is 10.0 Å². The molecule has 0 spiro atoms. The zero-order valence-electron chi connectivity index (χ0n) is 24.8. The number of amides is 2. The summed E-state index contributed by atoms with van der Waals surface area (Å²) in [4.78, 5) is 29.9. The molecule has 0 unspecified atom stereocenters. The normalized spacial score (nSPS) is 12.3.